The number of furan rings is 1. The molecule has 1 aromatic carbocycles. The summed E-state index contributed by atoms with van der Waals surface area (Å²) >= 11 is 0. The molecule has 0 spiro atoms. The third-order valence-electron chi connectivity index (χ3n) is 5.35. The minimum Gasteiger partial charge on any atom is -0.466 e. The lowest BCUT2D eigenvalue weighted by atomic mass is 10.1. The van der Waals surface area contributed by atoms with Gasteiger partial charge in [0.25, 0.3) is 0 Å². The Balaban J connectivity index is 2.00. The van der Waals surface area contributed by atoms with E-state index in [0.717, 1.165) is 30.9 Å². The summed E-state index contributed by atoms with van der Waals surface area (Å²) < 4.78 is 15.9. The van der Waals surface area contributed by atoms with Crippen molar-refractivity contribution in [3.05, 3.63) is 59.5 Å². The van der Waals surface area contributed by atoms with E-state index in [1.165, 1.54) is 5.56 Å². The maximum Gasteiger partial charge on any atom is 0.305 e. The summed E-state index contributed by atoms with van der Waals surface area (Å²) in [4.78, 5) is 29.0. The molecule has 1 aromatic heterocycles. The van der Waals surface area contributed by atoms with E-state index in [-0.39, 0.29) is 11.9 Å². The van der Waals surface area contributed by atoms with Crippen LogP contribution in [0.4, 0.5) is 0 Å². The zero-order chi connectivity index (χ0) is 23.9. The van der Waals surface area contributed by atoms with Crippen LogP contribution in [0.15, 0.2) is 46.9 Å². The van der Waals surface area contributed by atoms with Crippen molar-refractivity contribution in [2.24, 2.45) is 0 Å². The SMILES string of the molecule is CCOC(=O)CCCN(CCCOC)CC(=O)N(CCc1ccccc1)Cc1ccc(C)o1. The van der Waals surface area contributed by atoms with Crippen molar-refractivity contribution in [2.45, 2.75) is 46.1 Å². The second-order valence-electron chi connectivity index (χ2n) is 8.09. The van der Waals surface area contributed by atoms with Gasteiger partial charge >= 0.3 is 5.97 Å². The highest BCUT2D eigenvalue weighted by Gasteiger charge is 2.19. The van der Waals surface area contributed by atoms with E-state index in [9.17, 15) is 9.59 Å². The number of methoxy groups -OCH3 is 1. The predicted molar refractivity (Wildman–Crippen MR) is 128 cm³/mol. The molecule has 7 heteroatoms. The fraction of sp³-hybridized carbons (Fsp3) is 0.538. The standard InChI is InChI=1S/C26H38N2O5/c1-4-32-26(30)12-8-16-27(17-9-19-31-3)21-25(29)28(20-24-14-13-22(2)33-24)18-15-23-10-6-5-7-11-23/h5-7,10-11,13-14H,4,8-9,12,15-21H2,1-3H3. The maximum absolute atomic E-state index is 13.3. The molecule has 0 atom stereocenters. The Kier molecular flexibility index (Phi) is 12.3. The largest absolute Gasteiger partial charge is 0.466 e. The molecule has 33 heavy (non-hydrogen) atoms. The molecule has 0 aliphatic rings. The molecule has 1 amide bonds. The Hall–Kier alpha value is -2.64. The summed E-state index contributed by atoms with van der Waals surface area (Å²) in [6.45, 7) is 7.45. The van der Waals surface area contributed by atoms with Crippen LogP contribution >= 0.6 is 0 Å². The quantitative estimate of drug-likeness (QED) is 0.281. The maximum atomic E-state index is 13.3. The Labute approximate surface area is 197 Å². The highest BCUT2D eigenvalue weighted by molar-refractivity contribution is 5.78. The smallest absolute Gasteiger partial charge is 0.305 e. The molecule has 0 N–H and O–H groups in total. The Bertz CT molecular complexity index is 821. The molecule has 2 aromatic rings. The van der Waals surface area contributed by atoms with Crippen LogP contribution in [0.5, 0.6) is 0 Å². The van der Waals surface area contributed by atoms with E-state index >= 15 is 0 Å². The third-order valence-corrected chi connectivity index (χ3v) is 5.35. The second kappa shape index (κ2) is 15.2. The van der Waals surface area contributed by atoms with Gasteiger partial charge < -0.3 is 18.8 Å². The summed E-state index contributed by atoms with van der Waals surface area (Å²) in [7, 11) is 1.67. The van der Waals surface area contributed by atoms with Crippen LogP contribution in [0.1, 0.15) is 43.3 Å². The molecule has 0 unspecified atom stereocenters. The van der Waals surface area contributed by atoms with Crippen LogP contribution in [0.2, 0.25) is 0 Å². The lowest BCUT2D eigenvalue weighted by molar-refractivity contribution is -0.143. The number of rotatable bonds is 16. The van der Waals surface area contributed by atoms with Gasteiger partial charge in [0.1, 0.15) is 11.5 Å². The predicted octanol–water partition coefficient (Wildman–Crippen LogP) is 3.84. The summed E-state index contributed by atoms with van der Waals surface area (Å²) in [5.74, 6) is 1.47. The number of aryl methyl sites for hydroxylation is 1. The normalized spacial score (nSPS) is 11.0. The minimum atomic E-state index is -0.196. The van der Waals surface area contributed by atoms with Gasteiger partial charge in [0.05, 0.1) is 19.7 Å². The lowest BCUT2D eigenvalue weighted by Crippen LogP contribution is -2.42. The summed E-state index contributed by atoms with van der Waals surface area (Å²) in [5.41, 5.74) is 1.19. The Morgan fingerprint density at radius 3 is 2.42 bits per heavy atom. The molecule has 2 rings (SSSR count). The van der Waals surface area contributed by atoms with Gasteiger partial charge in [-0.05, 0) is 57.4 Å². The number of nitrogens with zero attached hydrogens (tertiary/aromatic N) is 2. The van der Waals surface area contributed by atoms with Gasteiger partial charge in [-0.15, -0.1) is 0 Å². The van der Waals surface area contributed by atoms with E-state index in [1.807, 2.05) is 42.2 Å². The van der Waals surface area contributed by atoms with Crippen molar-refractivity contribution in [3.8, 4) is 0 Å². The van der Waals surface area contributed by atoms with E-state index < -0.39 is 0 Å². The highest BCUT2D eigenvalue weighted by Crippen LogP contribution is 2.12. The zero-order valence-electron chi connectivity index (χ0n) is 20.3. The van der Waals surface area contributed by atoms with Crippen LogP contribution in [0.25, 0.3) is 0 Å². The van der Waals surface area contributed by atoms with Gasteiger partial charge in [0.15, 0.2) is 0 Å². The van der Waals surface area contributed by atoms with Gasteiger partial charge in [-0.25, -0.2) is 0 Å². The topological polar surface area (TPSA) is 72.2 Å². The van der Waals surface area contributed by atoms with Crippen LogP contribution in [-0.2, 0) is 32.0 Å². The Morgan fingerprint density at radius 2 is 1.76 bits per heavy atom. The molecule has 182 valence electrons. The van der Waals surface area contributed by atoms with Crippen molar-refractivity contribution in [1.29, 1.82) is 0 Å². The monoisotopic (exact) mass is 458 g/mol. The van der Waals surface area contributed by atoms with Crippen molar-refractivity contribution >= 4 is 11.9 Å². The first-order valence-corrected chi connectivity index (χ1v) is 11.8. The fourth-order valence-corrected chi connectivity index (χ4v) is 3.63. The molecule has 0 aliphatic carbocycles. The first-order chi connectivity index (χ1) is 16.0. The molecule has 1 heterocycles. The lowest BCUT2D eigenvalue weighted by Gasteiger charge is -2.27. The number of hydrogen-bond donors (Lipinski definition) is 0. The number of hydrogen-bond acceptors (Lipinski definition) is 6. The summed E-state index contributed by atoms with van der Waals surface area (Å²) in [5, 5.41) is 0. The van der Waals surface area contributed by atoms with Gasteiger partial charge in [-0.3, -0.25) is 14.5 Å². The molecule has 0 radical (unpaired) electrons. The average Bonchev–Trinajstić information content (AvgIpc) is 3.22. The second-order valence-corrected chi connectivity index (χ2v) is 8.09. The third kappa shape index (κ3) is 10.7. The van der Waals surface area contributed by atoms with Crippen molar-refractivity contribution in [2.75, 3.05) is 46.5 Å². The minimum absolute atomic E-state index is 0.0496. The zero-order valence-corrected chi connectivity index (χ0v) is 20.3. The van der Waals surface area contributed by atoms with Crippen LogP contribution < -0.4 is 0 Å². The van der Waals surface area contributed by atoms with Crippen LogP contribution in [-0.4, -0.2) is 68.2 Å². The molecule has 0 saturated heterocycles. The molecule has 0 aliphatic heterocycles. The number of carbonyl (C=O) groups excluding carboxylic acids is 2. The van der Waals surface area contributed by atoms with Gasteiger partial charge in [-0.2, -0.15) is 0 Å². The highest BCUT2D eigenvalue weighted by atomic mass is 16.5. The molecular weight excluding hydrogens is 420 g/mol. The average molecular weight is 459 g/mol. The molecule has 0 bridgehead atoms. The number of amides is 1. The van der Waals surface area contributed by atoms with Crippen LogP contribution in [0, 0.1) is 6.92 Å². The number of benzene rings is 1. The summed E-state index contributed by atoms with van der Waals surface area (Å²) in [6.07, 6.45) is 2.61. The summed E-state index contributed by atoms with van der Waals surface area (Å²) in [6, 6.07) is 14.0. The first kappa shape index (κ1) is 26.6. The fourth-order valence-electron chi connectivity index (χ4n) is 3.63. The number of esters is 1. The van der Waals surface area contributed by atoms with E-state index in [1.54, 1.807) is 14.0 Å². The Morgan fingerprint density at radius 1 is 1.00 bits per heavy atom. The first-order valence-electron chi connectivity index (χ1n) is 11.8. The number of carbonyl (C=O) groups is 2. The molecule has 0 saturated carbocycles. The molecule has 7 nitrogen and oxygen atoms in total. The van der Waals surface area contributed by atoms with Crippen molar-refractivity contribution in [1.82, 2.24) is 9.80 Å². The van der Waals surface area contributed by atoms with Gasteiger partial charge in [0.2, 0.25) is 5.91 Å². The van der Waals surface area contributed by atoms with Gasteiger partial charge in [0, 0.05) is 33.2 Å². The van der Waals surface area contributed by atoms with Crippen LogP contribution in [0.3, 0.4) is 0 Å². The molecular formula is C26H38N2O5. The van der Waals surface area contributed by atoms with Crippen molar-refractivity contribution < 1.29 is 23.5 Å². The van der Waals surface area contributed by atoms with Gasteiger partial charge in [-0.1, -0.05) is 30.3 Å². The van der Waals surface area contributed by atoms with E-state index in [0.29, 0.717) is 52.2 Å². The molecule has 0 fully saturated rings. The number of ether oxygens (including phenoxy) is 2. The van der Waals surface area contributed by atoms with Crippen molar-refractivity contribution in [3.63, 3.8) is 0 Å². The van der Waals surface area contributed by atoms with E-state index in [4.69, 9.17) is 13.9 Å². The van der Waals surface area contributed by atoms with E-state index in [2.05, 4.69) is 17.0 Å².